The molecule has 1 N–H and O–H groups in total. The van der Waals surface area contributed by atoms with Crippen LogP contribution in [0.4, 0.5) is 10.5 Å². The molecule has 0 unspecified atom stereocenters. The second-order valence-electron chi connectivity index (χ2n) is 6.95. The molecule has 4 rings (SSSR count). The summed E-state index contributed by atoms with van der Waals surface area (Å²) >= 11 is 7.45. The number of ether oxygens (including phenoxy) is 1. The number of nitrogens with one attached hydrogen (secondary N) is 1. The molecule has 0 saturated carbocycles. The Balaban J connectivity index is 1.71. The van der Waals surface area contributed by atoms with Crippen molar-refractivity contribution in [2.75, 3.05) is 11.5 Å². The third kappa shape index (κ3) is 4.94. The molecular weight excluding hydrogens is 460 g/mol. The van der Waals surface area contributed by atoms with E-state index in [-0.39, 0.29) is 11.3 Å². The molecule has 3 aromatic rings. The quantitative estimate of drug-likeness (QED) is 0.371. The summed E-state index contributed by atoms with van der Waals surface area (Å²) in [6, 6.07) is 20.6. The predicted molar refractivity (Wildman–Crippen MR) is 129 cm³/mol. The number of halogens is 1. The first-order chi connectivity index (χ1) is 16.0. The second kappa shape index (κ2) is 9.94. The fourth-order valence-electron chi connectivity index (χ4n) is 3.27. The number of barbiturate groups is 1. The lowest BCUT2D eigenvalue weighted by Crippen LogP contribution is -2.54. The van der Waals surface area contributed by atoms with E-state index >= 15 is 0 Å². The number of benzene rings is 3. The molecule has 33 heavy (non-hydrogen) atoms. The van der Waals surface area contributed by atoms with Crippen LogP contribution in [-0.4, -0.2) is 24.5 Å². The first-order valence-corrected chi connectivity index (χ1v) is 11.3. The van der Waals surface area contributed by atoms with Crippen molar-refractivity contribution in [3.05, 3.63) is 89.0 Å². The Bertz CT molecular complexity index is 1260. The van der Waals surface area contributed by atoms with Crippen molar-refractivity contribution in [1.29, 1.82) is 0 Å². The van der Waals surface area contributed by atoms with Crippen LogP contribution >= 0.6 is 23.4 Å². The highest BCUT2D eigenvalue weighted by atomic mass is 35.5. The molecule has 0 bridgehead atoms. The highest BCUT2D eigenvalue weighted by Crippen LogP contribution is 2.34. The van der Waals surface area contributed by atoms with E-state index in [9.17, 15) is 14.4 Å². The van der Waals surface area contributed by atoms with Crippen LogP contribution in [0.2, 0.25) is 5.02 Å². The van der Waals surface area contributed by atoms with Crippen LogP contribution in [0.15, 0.2) is 88.2 Å². The average Bonchev–Trinajstić information content (AvgIpc) is 2.80. The van der Waals surface area contributed by atoms with Crippen molar-refractivity contribution in [2.24, 2.45) is 0 Å². The van der Waals surface area contributed by atoms with Crippen LogP contribution in [0, 0.1) is 0 Å². The van der Waals surface area contributed by atoms with Gasteiger partial charge in [-0.25, -0.2) is 9.69 Å². The van der Waals surface area contributed by atoms with E-state index in [2.05, 4.69) is 5.32 Å². The van der Waals surface area contributed by atoms with Gasteiger partial charge in [0.15, 0.2) is 0 Å². The lowest BCUT2D eigenvalue weighted by Gasteiger charge is -2.27. The Morgan fingerprint density at radius 1 is 0.970 bits per heavy atom. The summed E-state index contributed by atoms with van der Waals surface area (Å²) < 4.78 is 5.57. The minimum Gasteiger partial charge on any atom is -0.492 e. The van der Waals surface area contributed by atoms with Gasteiger partial charge in [0, 0.05) is 14.8 Å². The number of para-hydroxylation sites is 2. The minimum atomic E-state index is -0.821. The summed E-state index contributed by atoms with van der Waals surface area (Å²) in [4.78, 5) is 41.2. The minimum absolute atomic E-state index is 0.148. The van der Waals surface area contributed by atoms with Gasteiger partial charge in [0.25, 0.3) is 11.8 Å². The van der Waals surface area contributed by atoms with E-state index in [0.717, 1.165) is 14.7 Å². The van der Waals surface area contributed by atoms with Gasteiger partial charge in [-0.3, -0.25) is 14.9 Å². The van der Waals surface area contributed by atoms with Gasteiger partial charge >= 0.3 is 6.03 Å². The van der Waals surface area contributed by atoms with E-state index in [1.807, 2.05) is 30.3 Å². The lowest BCUT2D eigenvalue weighted by molar-refractivity contribution is -0.122. The number of amides is 4. The summed E-state index contributed by atoms with van der Waals surface area (Å²) in [5.74, 6) is -1.10. The van der Waals surface area contributed by atoms with Crippen LogP contribution in [-0.2, 0) is 9.59 Å². The number of anilines is 1. The van der Waals surface area contributed by atoms with Gasteiger partial charge in [0.2, 0.25) is 0 Å². The van der Waals surface area contributed by atoms with Crippen molar-refractivity contribution < 1.29 is 19.1 Å². The van der Waals surface area contributed by atoms with E-state index in [4.69, 9.17) is 16.3 Å². The van der Waals surface area contributed by atoms with Crippen LogP contribution in [0.3, 0.4) is 0 Å². The Morgan fingerprint density at radius 2 is 1.67 bits per heavy atom. The summed E-state index contributed by atoms with van der Waals surface area (Å²) in [5.41, 5.74) is 0.789. The Kier molecular flexibility index (Phi) is 6.82. The molecule has 0 aromatic heterocycles. The summed E-state index contributed by atoms with van der Waals surface area (Å²) in [6.07, 6.45) is 1.50. The second-order valence-corrected chi connectivity index (χ2v) is 8.50. The van der Waals surface area contributed by atoms with Crippen molar-refractivity contribution >= 4 is 53.0 Å². The molecule has 1 aliphatic heterocycles. The van der Waals surface area contributed by atoms with E-state index in [1.165, 1.54) is 17.8 Å². The number of hydrogen-bond acceptors (Lipinski definition) is 5. The Morgan fingerprint density at radius 3 is 2.42 bits per heavy atom. The van der Waals surface area contributed by atoms with Gasteiger partial charge < -0.3 is 4.74 Å². The summed E-state index contributed by atoms with van der Waals surface area (Å²) in [7, 11) is 0. The molecule has 0 radical (unpaired) electrons. The molecule has 4 amide bonds. The molecule has 1 aliphatic rings. The van der Waals surface area contributed by atoms with Crippen molar-refractivity contribution in [1.82, 2.24) is 5.32 Å². The van der Waals surface area contributed by atoms with Gasteiger partial charge in [-0.05, 0) is 61.0 Å². The van der Waals surface area contributed by atoms with Gasteiger partial charge in [-0.2, -0.15) is 0 Å². The average molecular weight is 479 g/mol. The normalized spacial score (nSPS) is 15.0. The third-order valence-electron chi connectivity index (χ3n) is 4.77. The third-order valence-corrected chi connectivity index (χ3v) is 6.12. The van der Waals surface area contributed by atoms with Crippen LogP contribution < -0.4 is 15.0 Å². The SMILES string of the molecule is CCOc1ccccc1N1C(=O)NC(=O)/C(=C/c2ccccc2Sc2ccc(Cl)cc2)C1=O. The zero-order valence-corrected chi connectivity index (χ0v) is 19.2. The molecule has 0 aliphatic carbocycles. The van der Waals surface area contributed by atoms with Crippen LogP contribution in [0.25, 0.3) is 6.08 Å². The Hall–Kier alpha value is -3.55. The highest BCUT2D eigenvalue weighted by Gasteiger charge is 2.38. The molecule has 166 valence electrons. The largest absolute Gasteiger partial charge is 0.492 e. The van der Waals surface area contributed by atoms with Gasteiger partial charge in [-0.15, -0.1) is 0 Å². The maximum Gasteiger partial charge on any atom is 0.336 e. The molecule has 0 atom stereocenters. The fraction of sp³-hybridized carbons (Fsp3) is 0.0800. The molecule has 0 spiro atoms. The molecule has 1 saturated heterocycles. The van der Waals surface area contributed by atoms with Gasteiger partial charge in [-0.1, -0.05) is 53.7 Å². The van der Waals surface area contributed by atoms with E-state index in [1.54, 1.807) is 49.4 Å². The fourth-order valence-corrected chi connectivity index (χ4v) is 4.32. The Labute approximate surface area is 200 Å². The zero-order valence-electron chi connectivity index (χ0n) is 17.6. The molecule has 6 nitrogen and oxygen atoms in total. The predicted octanol–water partition coefficient (Wildman–Crippen LogP) is 5.56. The first kappa shape index (κ1) is 22.6. The number of hydrogen-bond donors (Lipinski definition) is 1. The number of imide groups is 2. The van der Waals surface area contributed by atoms with Crippen LogP contribution in [0.5, 0.6) is 5.75 Å². The highest BCUT2D eigenvalue weighted by molar-refractivity contribution is 7.99. The molecule has 1 fully saturated rings. The van der Waals surface area contributed by atoms with Crippen molar-refractivity contribution in [3.63, 3.8) is 0 Å². The number of rotatable bonds is 6. The number of urea groups is 1. The molecule has 1 heterocycles. The maximum absolute atomic E-state index is 13.3. The lowest BCUT2D eigenvalue weighted by atomic mass is 10.1. The molecule has 3 aromatic carbocycles. The number of carbonyl (C=O) groups is 3. The van der Waals surface area contributed by atoms with E-state index in [0.29, 0.717) is 22.9 Å². The monoisotopic (exact) mass is 478 g/mol. The van der Waals surface area contributed by atoms with Crippen molar-refractivity contribution in [2.45, 2.75) is 16.7 Å². The molecular formula is C25H19ClN2O4S. The number of nitrogens with zero attached hydrogens (tertiary/aromatic N) is 1. The van der Waals surface area contributed by atoms with E-state index < -0.39 is 17.8 Å². The zero-order chi connectivity index (χ0) is 23.4. The van der Waals surface area contributed by atoms with Crippen LogP contribution in [0.1, 0.15) is 12.5 Å². The smallest absolute Gasteiger partial charge is 0.336 e. The molecule has 8 heteroatoms. The van der Waals surface area contributed by atoms with Crippen molar-refractivity contribution in [3.8, 4) is 5.75 Å². The van der Waals surface area contributed by atoms with Gasteiger partial charge in [0.1, 0.15) is 11.3 Å². The first-order valence-electron chi connectivity index (χ1n) is 10.1. The number of carbonyl (C=O) groups excluding carboxylic acids is 3. The maximum atomic E-state index is 13.3. The standard InChI is InChI=1S/C25H19ClN2O4S/c1-2-32-21-9-5-4-8-20(21)28-24(30)19(23(29)27-25(28)31)15-16-7-3-6-10-22(16)33-18-13-11-17(26)12-14-18/h3-15H,2H2,1H3,(H,27,29,31)/b19-15-. The summed E-state index contributed by atoms with van der Waals surface area (Å²) in [6.45, 7) is 2.16. The van der Waals surface area contributed by atoms with Gasteiger partial charge in [0.05, 0.1) is 12.3 Å². The topological polar surface area (TPSA) is 75.7 Å². The summed E-state index contributed by atoms with van der Waals surface area (Å²) in [5, 5.41) is 2.89.